The number of aliphatic hydroxyl groups is 1. The SMILES string of the molecule is CCOc1cccc(C(O)=C2C(=O)C(=O)N(c3nc4ccc(C)cc4s3)C2c2ccc(Cl)cc2)c1. The summed E-state index contributed by atoms with van der Waals surface area (Å²) in [5, 5.41) is 12.2. The molecule has 1 aliphatic heterocycles. The first-order valence-electron chi connectivity index (χ1n) is 11.0. The number of hydrogen-bond donors (Lipinski definition) is 1. The number of hydrogen-bond acceptors (Lipinski definition) is 6. The zero-order valence-corrected chi connectivity index (χ0v) is 20.6. The fourth-order valence-electron chi connectivity index (χ4n) is 4.17. The van der Waals surface area contributed by atoms with Crippen molar-refractivity contribution in [2.24, 2.45) is 0 Å². The fraction of sp³-hybridized carbons (Fsp3) is 0.148. The summed E-state index contributed by atoms with van der Waals surface area (Å²) in [6.45, 7) is 4.30. The minimum Gasteiger partial charge on any atom is -0.507 e. The molecule has 1 fully saturated rings. The number of rotatable bonds is 5. The molecule has 3 aromatic carbocycles. The number of halogens is 1. The summed E-state index contributed by atoms with van der Waals surface area (Å²) in [6, 6.07) is 18.6. The maximum absolute atomic E-state index is 13.4. The van der Waals surface area contributed by atoms with E-state index < -0.39 is 17.7 Å². The number of anilines is 1. The molecule has 1 unspecified atom stereocenters. The number of Topliss-reactive ketones (excluding diaryl/α,β-unsaturated/α-hetero) is 1. The number of aliphatic hydroxyl groups excluding tert-OH is 1. The van der Waals surface area contributed by atoms with Crippen LogP contribution < -0.4 is 9.64 Å². The van der Waals surface area contributed by atoms with Crippen molar-refractivity contribution < 1.29 is 19.4 Å². The third-order valence-electron chi connectivity index (χ3n) is 5.79. The standard InChI is InChI=1S/C27H21ClN2O4S/c1-3-34-19-6-4-5-17(14-19)24(31)22-23(16-8-10-18(28)11-9-16)30(26(33)25(22)32)27-29-20-12-7-15(2)13-21(20)35-27/h4-14,23,31H,3H2,1-2H3. The Balaban J connectivity index is 1.71. The first-order valence-corrected chi connectivity index (χ1v) is 12.2. The van der Waals surface area contributed by atoms with Crippen molar-refractivity contribution in [3.8, 4) is 5.75 Å². The number of nitrogens with zero attached hydrogens (tertiary/aromatic N) is 2. The number of fused-ring (bicyclic) bond motifs is 1. The average Bonchev–Trinajstić information content (AvgIpc) is 3.37. The summed E-state index contributed by atoms with van der Waals surface area (Å²) in [5.41, 5.74) is 2.80. The van der Waals surface area contributed by atoms with E-state index in [1.54, 1.807) is 48.5 Å². The lowest BCUT2D eigenvalue weighted by Gasteiger charge is -2.23. The van der Waals surface area contributed by atoms with Crippen LogP contribution in [0.25, 0.3) is 16.0 Å². The van der Waals surface area contributed by atoms with E-state index in [2.05, 4.69) is 4.98 Å². The van der Waals surface area contributed by atoms with Crippen molar-refractivity contribution in [2.75, 3.05) is 11.5 Å². The Morgan fingerprint density at radius 1 is 1.11 bits per heavy atom. The van der Waals surface area contributed by atoms with Gasteiger partial charge in [0.25, 0.3) is 5.78 Å². The van der Waals surface area contributed by atoms with Gasteiger partial charge in [-0.1, -0.05) is 53.3 Å². The van der Waals surface area contributed by atoms with E-state index in [4.69, 9.17) is 16.3 Å². The van der Waals surface area contributed by atoms with Crippen LogP contribution in [0.1, 0.15) is 29.7 Å². The molecule has 2 heterocycles. The molecule has 35 heavy (non-hydrogen) atoms. The number of amides is 1. The fourth-order valence-corrected chi connectivity index (χ4v) is 5.38. The predicted octanol–water partition coefficient (Wildman–Crippen LogP) is 6.28. The van der Waals surface area contributed by atoms with E-state index in [0.717, 1.165) is 15.8 Å². The van der Waals surface area contributed by atoms with Gasteiger partial charge in [-0.25, -0.2) is 4.98 Å². The Labute approximate surface area is 211 Å². The van der Waals surface area contributed by atoms with Crippen LogP contribution in [0.4, 0.5) is 5.13 Å². The number of benzene rings is 3. The first-order chi connectivity index (χ1) is 16.9. The molecule has 0 saturated carbocycles. The van der Waals surface area contributed by atoms with Crippen LogP contribution in [0.3, 0.4) is 0 Å². The lowest BCUT2D eigenvalue weighted by molar-refractivity contribution is -0.132. The highest BCUT2D eigenvalue weighted by Gasteiger charge is 2.48. The lowest BCUT2D eigenvalue weighted by atomic mass is 9.95. The molecule has 8 heteroatoms. The van der Waals surface area contributed by atoms with Gasteiger partial charge < -0.3 is 9.84 Å². The molecule has 1 aliphatic rings. The number of carbonyl (C=O) groups excluding carboxylic acids is 2. The van der Waals surface area contributed by atoms with Crippen molar-refractivity contribution >= 4 is 55.7 Å². The Morgan fingerprint density at radius 2 is 1.89 bits per heavy atom. The second-order valence-electron chi connectivity index (χ2n) is 8.15. The molecule has 1 N–H and O–H groups in total. The quantitative estimate of drug-likeness (QED) is 0.196. The number of aromatic nitrogens is 1. The Morgan fingerprint density at radius 3 is 2.63 bits per heavy atom. The van der Waals surface area contributed by atoms with Crippen molar-refractivity contribution in [1.82, 2.24) is 4.98 Å². The van der Waals surface area contributed by atoms with Gasteiger partial charge in [-0.3, -0.25) is 14.5 Å². The van der Waals surface area contributed by atoms with E-state index in [-0.39, 0.29) is 11.3 Å². The molecule has 1 atom stereocenters. The van der Waals surface area contributed by atoms with Gasteiger partial charge >= 0.3 is 5.91 Å². The average molecular weight is 505 g/mol. The van der Waals surface area contributed by atoms with Gasteiger partial charge in [0, 0.05) is 10.6 Å². The molecule has 1 saturated heterocycles. The maximum atomic E-state index is 13.4. The monoisotopic (exact) mass is 504 g/mol. The van der Waals surface area contributed by atoms with E-state index >= 15 is 0 Å². The summed E-state index contributed by atoms with van der Waals surface area (Å²) in [7, 11) is 0. The van der Waals surface area contributed by atoms with Gasteiger partial charge in [0.2, 0.25) is 0 Å². The molecule has 0 spiro atoms. The van der Waals surface area contributed by atoms with Gasteiger partial charge in [-0.2, -0.15) is 0 Å². The van der Waals surface area contributed by atoms with Crippen LogP contribution >= 0.6 is 22.9 Å². The molecule has 5 rings (SSSR count). The number of ether oxygens (including phenoxy) is 1. The summed E-state index contributed by atoms with van der Waals surface area (Å²) in [4.78, 5) is 32.7. The number of ketones is 1. The Kier molecular flexibility index (Phi) is 6.05. The van der Waals surface area contributed by atoms with Gasteiger partial charge in [-0.05, 0) is 61.4 Å². The van der Waals surface area contributed by atoms with Crippen LogP contribution in [0.5, 0.6) is 5.75 Å². The third-order valence-corrected chi connectivity index (χ3v) is 7.06. The van der Waals surface area contributed by atoms with Crippen LogP contribution in [0.15, 0.2) is 72.3 Å². The molecular weight excluding hydrogens is 484 g/mol. The van der Waals surface area contributed by atoms with Crippen LogP contribution in [0.2, 0.25) is 5.02 Å². The number of thiazole rings is 1. The smallest absolute Gasteiger partial charge is 0.301 e. The highest BCUT2D eigenvalue weighted by molar-refractivity contribution is 7.22. The second-order valence-corrected chi connectivity index (χ2v) is 9.59. The molecule has 6 nitrogen and oxygen atoms in total. The topological polar surface area (TPSA) is 79.7 Å². The molecule has 4 aromatic rings. The molecule has 0 aliphatic carbocycles. The van der Waals surface area contributed by atoms with E-state index in [0.29, 0.717) is 33.6 Å². The van der Waals surface area contributed by atoms with Crippen molar-refractivity contribution in [2.45, 2.75) is 19.9 Å². The van der Waals surface area contributed by atoms with Gasteiger partial charge in [0.05, 0.1) is 28.4 Å². The minimum absolute atomic E-state index is 0.0126. The van der Waals surface area contributed by atoms with Gasteiger partial charge in [0.1, 0.15) is 11.5 Å². The van der Waals surface area contributed by atoms with Crippen molar-refractivity contribution in [3.05, 3.63) is 94.0 Å². The van der Waals surface area contributed by atoms with Gasteiger partial charge in [-0.15, -0.1) is 0 Å². The Bertz CT molecular complexity index is 1490. The molecule has 1 amide bonds. The third kappa shape index (κ3) is 4.17. The zero-order valence-electron chi connectivity index (χ0n) is 19.0. The molecule has 0 bridgehead atoms. The summed E-state index contributed by atoms with van der Waals surface area (Å²) < 4.78 is 6.45. The van der Waals surface area contributed by atoms with Gasteiger partial charge in [0.15, 0.2) is 5.13 Å². The van der Waals surface area contributed by atoms with Crippen LogP contribution in [0, 0.1) is 6.92 Å². The lowest BCUT2D eigenvalue weighted by Crippen LogP contribution is -2.29. The van der Waals surface area contributed by atoms with E-state index in [9.17, 15) is 14.7 Å². The van der Waals surface area contributed by atoms with E-state index in [1.807, 2.05) is 32.0 Å². The van der Waals surface area contributed by atoms with Crippen molar-refractivity contribution in [1.29, 1.82) is 0 Å². The minimum atomic E-state index is -0.871. The number of aryl methyl sites for hydroxylation is 1. The second kappa shape index (κ2) is 9.17. The Hall–Kier alpha value is -3.68. The molecule has 176 valence electrons. The molecule has 1 aromatic heterocycles. The zero-order chi connectivity index (χ0) is 24.7. The normalized spacial score (nSPS) is 17.3. The first kappa shape index (κ1) is 23.1. The molecular formula is C27H21ClN2O4S. The maximum Gasteiger partial charge on any atom is 0.301 e. The molecule has 0 radical (unpaired) electrons. The largest absolute Gasteiger partial charge is 0.507 e. The summed E-state index contributed by atoms with van der Waals surface area (Å²) in [6.07, 6.45) is 0. The summed E-state index contributed by atoms with van der Waals surface area (Å²) in [5.74, 6) is -1.25. The number of carbonyl (C=O) groups is 2. The highest BCUT2D eigenvalue weighted by atomic mass is 35.5. The van der Waals surface area contributed by atoms with E-state index in [1.165, 1.54) is 16.2 Å². The van der Waals surface area contributed by atoms with Crippen LogP contribution in [-0.4, -0.2) is 28.4 Å². The van der Waals surface area contributed by atoms with Crippen LogP contribution in [-0.2, 0) is 9.59 Å². The summed E-state index contributed by atoms with van der Waals surface area (Å²) >= 11 is 7.43. The predicted molar refractivity (Wildman–Crippen MR) is 138 cm³/mol. The highest BCUT2D eigenvalue weighted by Crippen LogP contribution is 2.44. The van der Waals surface area contributed by atoms with Crippen molar-refractivity contribution in [3.63, 3.8) is 0 Å².